The molecule has 0 fully saturated rings. The van der Waals surface area contributed by atoms with Crippen LogP contribution in [0.15, 0.2) is 60.7 Å². The Morgan fingerprint density at radius 2 is 1.32 bits per heavy atom. The summed E-state index contributed by atoms with van der Waals surface area (Å²) in [6, 6.07) is 16.0. The normalized spacial score (nSPS) is 11.1. The van der Waals surface area contributed by atoms with Crippen LogP contribution < -0.4 is 21.3 Å². The van der Waals surface area contributed by atoms with E-state index in [9.17, 15) is 19.5 Å². The highest BCUT2D eigenvalue weighted by Crippen LogP contribution is 2.07. The third kappa shape index (κ3) is 7.77. The van der Waals surface area contributed by atoms with Crippen LogP contribution in [0.3, 0.4) is 0 Å². The summed E-state index contributed by atoms with van der Waals surface area (Å²) >= 11 is 0. The number of nitrogens with one attached hydrogen (secondary N) is 4. The molecule has 0 bridgehead atoms. The van der Waals surface area contributed by atoms with Crippen molar-refractivity contribution in [2.75, 3.05) is 17.2 Å². The van der Waals surface area contributed by atoms with E-state index >= 15 is 0 Å². The Morgan fingerprint density at radius 3 is 1.86 bits per heavy atom. The highest BCUT2D eigenvalue weighted by Gasteiger charge is 2.19. The molecule has 1 atom stereocenters. The number of carboxylic acid groups (broad SMARTS) is 1. The number of carbonyl (C=O) groups is 3. The van der Waals surface area contributed by atoms with Crippen LogP contribution in [-0.4, -0.2) is 35.7 Å². The third-order valence-corrected chi connectivity index (χ3v) is 3.87. The first-order valence-electron chi connectivity index (χ1n) is 9.00. The van der Waals surface area contributed by atoms with Gasteiger partial charge in [-0.25, -0.2) is 14.4 Å². The van der Waals surface area contributed by atoms with Gasteiger partial charge in [0.05, 0.1) is 0 Å². The molecule has 4 amide bonds. The van der Waals surface area contributed by atoms with E-state index in [1.807, 2.05) is 24.3 Å². The van der Waals surface area contributed by atoms with Crippen LogP contribution in [0.4, 0.5) is 21.0 Å². The number of benzene rings is 2. The summed E-state index contributed by atoms with van der Waals surface area (Å²) in [6.45, 7) is 0.404. The SMILES string of the molecule is O=C(NCCCC[C@H](NC(=O)Nc1ccccc1)C(=O)O)Nc1ccccc1. The number of amides is 4. The average molecular weight is 384 g/mol. The van der Waals surface area contributed by atoms with Gasteiger partial charge in [0, 0.05) is 17.9 Å². The number of carbonyl (C=O) groups excluding carboxylic acids is 2. The standard InChI is InChI=1S/C20H24N4O4/c25-18(26)17(24-20(28)23-16-11-5-2-6-12-16)13-7-8-14-21-19(27)22-15-9-3-1-4-10-15/h1-6,9-12,17H,7-8,13-14H2,(H,25,26)(H2,21,22,27)(H2,23,24,28)/t17-/m0/s1. The zero-order chi connectivity index (χ0) is 20.2. The fraction of sp³-hybridized carbons (Fsp3) is 0.250. The van der Waals surface area contributed by atoms with Gasteiger partial charge in [0.2, 0.25) is 0 Å². The van der Waals surface area contributed by atoms with Gasteiger partial charge in [-0.05, 0) is 43.5 Å². The van der Waals surface area contributed by atoms with Crippen LogP contribution in [-0.2, 0) is 4.79 Å². The van der Waals surface area contributed by atoms with Crippen LogP contribution in [0.2, 0.25) is 0 Å². The molecule has 5 N–H and O–H groups in total. The number of unbranched alkanes of at least 4 members (excludes halogenated alkanes) is 1. The number of para-hydroxylation sites is 2. The van der Waals surface area contributed by atoms with Gasteiger partial charge < -0.3 is 26.4 Å². The van der Waals surface area contributed by atoms with Gasteiger partial charge in [-0.15, -0.1) is 0 Å². The van der Waals surface area contributed by atoms with Crippen LogP contribution in [0, 0.1) is 0 Å². The fourth-order valence-electron chi connectivity index (χ4n) is 2.48. The molecule has 0 spiro atoms. The minimum absolute atomic E-state index is 0.263. The summed E-state index contributed by atoms with van der Waals surface area (Å²) < 4.78 is 0. The summed E-state index contributed by atoms with van der Waals surface area (Å²) in [5.74, 6) is -1.10. The number of hydrogen-bond acceptors (Lipinski definition) is 3. The van der Waals surface area contributed by atoms with E-state index in [1.165, 1.54) is 0 Å². The second-order valence-corrected chi connectivity index (χ2v) is 6.10. The molecule has 28 heavy (non-hydrogen) atoms. The van der Waals surface area contributed by atoms with Crippen molar-refractivity contribution >= 4 is 29.4 Å². The Bertz CT molecular complexity index is 768. The molecule has 8 heteroatoms. The van der Waals surface area contributed by atoms with E-state index in [-0.39, 0.29) is 12.5 Å². The molecule has 148 valence electrons. The minimum atomic E-state index is -1.10. The second-order valence-electron chi connectivity index (χ2n) is 6.10. The molecular formula is C20H24N4O4. The molecular weight excluding hydrogens is 360 g/mol. The van der Waals surface area contributed by atoms with Crippen molar-refractivity contribution in [3.8, 4) is 0 Å². The molecule has 0 aliphatic carbocycles. The van der Waals surface area contributed by atoms with Crippen molar-refractivity contribution in [3.63, 3.8) is 0 Å². The van der Waals surface area contributed by atoms with Gasteiger partial charge in [-0.3, -0.25) is 0 Å². The van der Waals surface area contributed by atoms with Crippen molar-refractivity contribution in [2.24, 2.45) is 0 Å². The van der Waals surface area contributed by atoms with E-state index in [4.69, 9.17) is 0 Å². The molecule has 2 rings (SSSR count). The maximum Gasteiger partial charge on any atom is 0.326 e. The molecule has 0 aromatic heterocycles. The van der Waals surface area contributed by atoms with Gasteiger partial charge in [0.15, 0.2) is 0 Å². The number of carboxylic acids is 1. The van der Waals surface area contributed by atoms with Crippen molar-refractivity contribution < 1.29 is 19.5 Å². The molecule has 0 radical (unpaired) electrons. The lowest BCUT2D eigenvalue weighted by molar-refractivity contribution is -0.139. The Morgan fingerprint density at radius 1 is 0.786 bits per heavy atom. The molecule has 0 saturated carbocycles. The zero-order valence-electron chi connectivity index (χ0n) is 15.4. The minimum Gasteiger partial charge on any atom is -0.480 e. The lowest BCUT2D eigenvalue weighted by Gasteiger charge is -2.15. The average Bonchev–Trinajstić information content (AvgIpc) is 2.68. The van der Waals surface area contributed by atoms with Crippen LogP contribution in [0.5, 0.6) is 0 Å². The van der Waals surface area contributed by atoms with Gasteiger partial charge >= 0.3 is 18.0 Å². The molecule has 0 aliphatic heterocycles. The monoisotopic (exact) mass is 384 g/mol. The number of urea groups is 2. The summed E-state index contributed by atoms with van der Waals surface area (Å²) in [5.41, 5.74) is 1.28. The number of rotatable bonds is 9. The van der Waals surface area contributed by atoms with Crippen molar-refractivity contribution in [1.82, 2.24) is 10.6 Å². The summed E-state index contributed by atoms with van der Waals surface area (Å²) in [4.78, 5) is 35.0. The fourth-order valence-corrected chi connectivity index (χ4v) is 2.48. The first kappa shape index (κ1) is 20.8. The molecule has 0 unspecified atom stereocenters. The summed E-state index contributed by atoms with van der Waals surface area (Å²) in [7, 11) is 0. The molecule has 8 nitrogen and oxygen atoms in total. The van der Waals surface area contributed by atoms with E-state index in [2.05, 4.69) is 21.3 Å². The number of hydrogen-bond donors (Lipinski definition) is 5. The van der Waals surface area contributed by atoms with Crippen LogP contribution >= 0.6 is 0 Å². The summed E-state index contributed by atoms with van der Waals surface area (Å²) in [5, 5.41) is 19.7. The predicted octanol–water partition coefficient (Wildman–Crippen LogP) is 3.25. The Labute approximate surface area is 163 Å². The topological polar surface area (TPSA) is 120 Å². The highest BCUT2D eigenvalue weighted by molar-refractivity contribution is 5.92. The maximum atomic E-state index is 11.9. The Balaban J connectivity index is 1.65. The second kappa shape index (κ2) is 11.2. The highest BCUT2D eigenvalue weighted by atomic mass is 16.4. The molecule has 0 saturated heterocycles. The molecule has 0 heterocycles. The van der Waals surface area contributed by atoms with Crippen molar-refractivity contribution in [1.29, 1.82) is 0 Å². The third-order valence-electron chi connectivity index (χ3n) is 3.87. The van der Waals surface area contributed by atoms with Crippen molar-refractivity contribution in [3.05, 3.63) is 60.7 Å². The van der Waals surface area contributed by atoms with Crippen molar-refractivity contribution in [2.45, 2.75) is 25.3 Å². The van der Waals surface area contributed by atoms with Gasteiger partial charge in [-0.2, -0.15) is 0 Å². The number of anilines is 2. The van der Waals surface area contributed by atoms with Crippen LogP contribution in [0.25, 0.3) is 0 Å². The van der Waals surface area contributed by atoms with Gasteiger partial charge in [-0.1, -0.05) is 36.4 Å². The maximum absolute atomic E-state index is 11.9. The molecule has 0 aliphatic rings. The Kier molecular flexibility index (Phi) is 8.32. The van der Waals surface area contributed by atoms with E-state index in [0.29, 0.717) is 30.8 Å². The van der Waals surface area contributed by atoms with Gasteiger partial charge in [0.25, 0.3) is 0 Å². The van der Waals surface area contributed by atoms with Crippen LogP contribution in [0.1, 0.15) is 19.3 Å². The Hall–Kier alpha value is -3.55. The lowest BCUT2D eigenvalue weighted by atomic mass is 10.1. The molecule has 2 aromatic rings. The first-order chi connectivity index (χ1) is 13.5. The lowest BCUT2D eigenvalue weighted by Crippen LogP contribution is -2.43. The number of aliphatic carboxylic acids is 1. The van der Waals surface area contributed by atoms with E-state index in [0.717, 1.165) is 0 Å². The molecule has 2 aromatic carbocycles. The van der Waals surface area contributed by atoms with Gasteiger partial charge in [0.1, 0.15) is 6.04 Å². The van der Waals surface area contributed by atoms with E-state index < -0.39 is 18.0 Å². The quantitative estimate of drug-likeness (QED) is 0.426. The predicted molar refractivity (Wildman–Crippen MR) is 107 cm³/mol. The largest absolute Gasteiger partial charge is 0.480 e. The smallest absolute Gasteiger partial charge is 0.326 e. The zero-order valence-corrected chi connectivity index (χ0v) is 15.4. The van der Waals surface area contributed by atoms with E-state index in [1.54, 1.807) is 36.4 Å². The summed E-state index contributed by atoms with van der Waals surface area (Å²) in [6.07, 6.45) is 1.39. The first-order valence-corrected chi connectivity index (χ1v) is 9.00.